The first kappa shape index (κ1) is 24.2. The van der Waals surface area contributed by atoms with E-state index in [4.69, 9.17) is 19.2 Å². The Morgan fingerprint density at radius 2 is 1.07 bits per heavy atom. The van der Waals surface area contributed by atoms with Crippen LogP contribution in [0, 0.1) is 13.8 Å². The van der Waals surface area contributed by atoms with Gasteiger partial charge in [-0.05, 0) is 0 Å². The topological polar surface area (TPSA) is 86.2 Å². The molecule has 4 nitrogen and oxygen atoms in total. The van der Waals surface area contributed by atoms with Gasteiger partial charge in [0.2, 0.25) is 0 Å². The minimum atomic E-state index is -5.39. The smallest absolute Gasteiger partial charge is 0 e. The Bertz CT molecular complexity index is 99.6. The molecule has 0 aliphatic rings. The monoisotopic (exact) mass is 393 g/mol. The van der Waals surface area contributed by atoms with E-state index in [-0.39, 0.29) is 21.1 Å². The summed E-state index contributed by atoms with van der Waals surface area (Å²) in [7, 11) is -5.39. The molecule has 6 heteroatoms. The zero-order chi connectivity index (χ0) is 11.3. The van der Waals surface area contributed by atoms with Gasteiger partial charge in [-0.3, -0.25) is 0 Å². The van der Waals surface area contributed by atoms with Crippen LogP contribution in [0.25, 0.3) is 0 Å². The molecule has 0 aromatic carbocycles. The second-order valence-corrected chi connectivity index (χ2v) is 3.05. The van der Waals surface area contributed by atoms with Crippen molar-refractivity contribution in [2.24, 2.45) is 0 Å². The van der Waals surface area contributed by atoms with Crippen LogP contribution < -0.4 is 14.7 Å². The first-order valence-electron chi connectivity index (χ1n) is 4.14. The molecule has 0 unspecified atom stereocenters. The van der Waals surface area contributed by atoms with Crippen molar-refractivity contribution in [3.8, 4) is 0 Å². The van der Waals surface area contributed by atoms with Crippen LogP contribution in [0.1, 0.15) is 39.5 Å². The van der Waals surface area contributed by atoms with Crippen LogP contribution in [0.5, 0.6) is 0 Å². The Morgan fingerprint density at radius 1 is 1.00 bits per heavy atom. The van der Waals surface area contributed by atoms with Crippen LogP contribution in [0.4, 0.5) is 0 Å². The molecule has 0 saturated carbocycles. The van der Waals surface area contributed by atoms with Crippen LogP contribution in [-0.4, -0.2) is 0 Å². The Morgan fingerprint density at radius 3 is 1.07 bits per heavy atom. The summed E-state index contributed by atoms with van der Waals surface area (Å²) in [4.78, 5) is 25.6. The van der Waals surface area contributed by atoms with E-state index in [1.54, 1.807) is 0 Å². The minimum Gasteiger partial charge on any atom is -0.822 e. The molecule has 0 N–H and O–H groups in total. The number of rotatable bonds is 2. The Hall–Kier alpha value is 0.798. The number of unbranched alkanes of at least 4 members (excludes halogenated alkanes) is 2. The van der Waals surface area contributed by atoms with Gasteiger partial charge in [-0.15, -0.1) is 0 Å². The fraction of sp³-hybridized carbons (Fsp3) is 0.750. The first-order valence-corrected chi connectivity index (χ1v) is 5.61. The molecule has 0 atom stereocenters. The molecule has 0 aliphatic carbocycles. The van der Waals surface area contributed by atoms with Gasteiger partial charge in [-0.2, -0.15) is 20.7 Å². The Kier molecular flexibility index (Phi) is 33.5. The fourth-order valence-corrected chi connectivity index (χ4v) is 0. The Balaban J connectivity index is -0.0000000522. The van der Waals surface area contributed by atoms with E-state index < -0.39 is 7.82 Å². The molecular weight excluding hydrogens is 375 g/mol. The summed E-state index contributed by atoms with van der Waals surface area (Å²) in [6, 6.07) is 0. The summed E-state index contributed by atoms with van der Waals surface area (Å²) >= 11 is 0. The van der Waals surface area contributed by atoms with Crippen molar-refractivity contribution in [1.29, 1.82) is 0 Å². The van der Waals surface area contributed by atoms with Crippen LogP contribution in [0.3, 0.4) is 0 Å². The van der Waals surface area contributed by atoms with E-state index in [0.29, 0.717) is 0 Å². The Labute approximate surface area is 102 Å². The summed E-state index contributed by atoms with van der Waals surface area (Å²) in [5.74, 6) is 0. The number of phosphoric acid groups is 1. The van der Waals surface area contributed by atoms with E-state index in [2.05, 4.69) is 27.7 Å². The molecule has 90 valence electrons. The van der Waals surface area contributed by atoms with E-state index in [0.717, 1.165) is 12.8 Å². The van der Waals surface area contributed by atoms with Gasteiger partial charge in [-0.25, -0.2) is 0 Å². The number of hydrogen-bond acceptors (Lipinski definition) is 4. The zero-order valence-electron chi connectivity index (χ0n) is 8.73. The molecule has 0 saturated heterocycles. The summed E-state index contributed by atoms with van der Waals surface area (Å²) in [5, 5.41) is 0. The van der Waals surface area contributed by atoms with Crippen LogP contribution >= 0.6 is 7.82 Å². The van der Waals surface area contributed by atoms with Gasteiger partial charge in [-0.1, -0.05) is 26.7 Å². The van der Waals surface area contributed by atoms with Gasteiger partial charge in [0, 0.05) is 21.1 Å². The van der Waals surface area contributed by atoms with Crippen LogP contribution in [-0.2, 0) is 25.6 Å². The maximum Gasteiger partial charge on any atom is 0 e. The third-order valence-electron chi connectivity index (χ3n) is 0.707. The van der Waals surface area contributed by atoms with Crippen molar-refractivity contribution in [3.63, 3.8) is 0 Å². The molecule has 0 radical (unpaired) electrons. The fourth-order valence-electron chi connectivity index (χ4n) is 0. The zero-order valence-corrected chi connectivity index (χ0v) is 12.6. The molecule has 0 aromatic rings. The molecule has 0 aliphatic heterocycles. The molecule has 0 heterocycles. The third-order valence-corrected chi connectivity index (χ3v) is 0.707. The molecule has 0 rings (SSSR count). The average Bonchev–Trinajstić information content (AvgIpc) is 2.01. The molecule has 0 fully saturated rings. The van der Waals surface area contributed by atoms with E-state index >= 15 is 0 Å². The van der Waals surface area contributed by atoms with Crippen molar-refractivity contribution < 1.29 is 40.3 Å². The van der Waals surface area contributed by atoms with Crippen molar-refractivity contribution in [1.82, 2.24) is 0 Å². The maximum absolute atomic E-state index is 8.55. The second-order valence-electron chi connectivity index (χ2n) is 2.15. The SMILES string of the molecule is O=P([O-])([O-])[O-].[CH2-]CCC.[CH2-]CCC.[W]. The van der Waals surface area contributed by atoms with Gasteiger partial charge < -0.3 is 33.1 Å². The molecule has 0 bridgehead atoms. The van der Waals surface area contributed by atoms with Crippen molar-refractivity contribution in [3.05, 3.63) is 13.8 Å². The predicted octanol–water partition coefficient (Wildman–Crippen LogP) is 0.414. The van der Waals surface area contributed by atoms with Gasteiger partial charge >= 0.3 is 0 Å². The van der Waals surface area contributed by atoms with Gasteiger partial charge in [0.25, 0.3) is 0 Å². The molecule has 0 amide bonds. The largest absolute Gasteiger partial charge is 0.822 e. The summed E-state index contributed by atoms with van der Waals surface area (Å²) < 4.78 is 8.55. The normalized spacial score (nSPS) is 8.50. The van der Waals surface area contributed by atoms with Crippen LogP contribution in [0.2, 0.25) is 0 Å². The van der Waals surface area contributed by atoms with Gasteiger partial charge in [0.15, 0.2) is 0 Å². The quantitative estimate of drug-likeness (QED) is 0.503. The predicted molar refractivity (Wildman–Crippen MR) is 48.1 cm³/mol. The summed E-state index contributed by atoms with van der Waals surface area (Å²) in [6.45, 7) is 11.4. The molecule has 14 heavy (non-hydrogen) atoms. The standard InChI is InChI=1S/2C4H9.H3O4P.W/c2*1-3-4-2;1-5(2,3)4;/h2*1,3-4H2,2H3;(H3,1,2,3,4);/q2*-1;;/p-3. The van der Waals surface area contributed by atoms with Gasteiger partial charge in [0.1, 0.15) is 0 Å². The van der Waals surface area contributed by atoms with Crippen molar-refractivity contribution in [2.45, 2.75) is 39.5 Å². The minimum absolute atomic E-state index is 0. The summed E-state index contributed by atoms with van der Waals surface area (Å²) in [5.41, 5.74) is 0. The average molecular weight is 393 g/mol. The van der Waals surface area contributed by atoms with Crippen LogP contribution in [0.15, 0.2) is 0 Å². The van der Waals surface area contributed by atoms with Gasteiger partial charge in [0.05, 0.1) is 0 Å². The first-order chi connectivity index (χ1) is 5.83. The van der Waals surface area contributed by atoms with E-state index in [1.807, 2.05) is 0 Å². The molecule has 0 spiro atoms. The summed E-state index contributed by atoms with van der Waals surface area (Å²) in [6.07, 6.45) is 4.56. The van der Waals surface area contributed by atoms with Crippen molar-refractivity contribution in [2.75, 3.05) is 0 Å². The second kappa shape index (κ2) is 19.4. The third kappa shape index (κ3) is 228. The van der Waals surface area contributed by atoms with Crippen molar-refractivity contribution >= 4 is 7.82 Å². The van der Waals surface area contributed by atoms with E-state index in [1.165, 1.54) is 12.8 Å². The molecular formula is C8H18O4PW-5. The maximum atomic E-state index is 8.55. The molecule has 0 aromatic heterocycles. The van der Waals surface area contributed by atoms with E-state index in [9.17, 15) is 0 Å². The number of hydrogen-bond donors (Lipinski definition) is 0.